The van der Waals surface area contributed by atoms with Gasteiger partial charge < -0.3 is 10.6 Å². The van der Waals surface area contributed by atoms with Crippen molar-refractivity contribution in [2.75, 3.05) is 17.7 Å². The number of halogens is 2. The van der Waals surface area contributed by atoms with E-state index >= 15 is 0 Å². The van der Waals surface area contributed by atoms with Crippen LogP contribution in [0.1, 0.15) is 30.1 Å². The molecule has 2 aromatic rings. The standard InChI is InChI=1S/C15H16BrFN4/c1-8-13(18-2)20-15(9-3-4-9)21-14(8)19-12-7-10(17)5-6-11(12)16/h5-7,9H,3-4H2,1-2H3,(H2,18,19,20,21). The molecule has 1 saturated carbocycles. The first-order valence-corrected chi connectivity index (χ1v) is 7.66. The van der Waals surface area contributed by atoms with Gasteiger partial charge in [0.1, 0.15) is 23.3 Å². The van der Waals surface area contributed by atoms with Crippen molar-refractivity contribution < 1.29 is 4.39 Å². The maximum Gasteiger partial charge on any atom is 0.139 e. The highest BCUT2D eigenvalue weighted by Crippen LogP contribution is 2.40. The minimum Gasteiger partial charge on any atom is -0.373 e. The van der Waals surface area contributed by atoms with Crippen LogP contribution in [-0.2, 0) is 0 Å². The highest BCUT2D eigenvalue weighted by atomic mass is 79.9. The van der Waals surface area contributed by atoms with Gasteiger partial charge in [-0.25, -0.2) is 14.4 Å². The lowest BCUT2D eigenvalue weighted by Gasteiger charge is -2.14. The molecular weight excluding hydrogens is 335 g/mol. The van der Waals surface area contributed by atoms with Crippen molar-refractivity contribution >= 4 is 33.3 Å². The van der Waals surface area contributed by atoms with Gasteiger partial charge in [0.25, 0.3) is 0 Å². The fourth-order valence-electron chi connectivity index (χ4n) is 2.14. The van der Waals surface area contributed by atoms with E-state index in [1.165, 1.54) is 12.1 Å². The molecule has 1 aromatic heterocycles. The molecule has 0 saturated heterocycles. The summed E-state index contributed by atoms with van der Waals surface area (Å²) >= 11 is 3.42. The number of rotatable bonds is 4. The molecule has 0 aliphatic heterocycles. The van der Waals surface area contributed by atoms with Gasteiger partial charge in [-0.2, -0.15) is 0 Å². The molecule has 1 aliphatic carbocycles. The Morgan fingerprint density at radius 2 is 1.95 bits per heavy atom. The number of benzene rings is 1. The molecule has 2 N–H and O–H groups in total. The van der Waals surface area contributed by atoms with E-state index in [-0.39, 0.29) is 5.82 Å². The molecular formula is C15H16BrFN4. The summed E-state index contributed by atoms with van der Waals surface area (Å²) in [5.41, 5.74) is 1.57. The highest BCUT2D eigenvalue weighted by Gasteiger charge is 2.28. The van der Waals surface area contributed by atoms with Crippen LogP contribution in [0.3, 0.4) is 0 Å². The lowest BCUT2D eigenvalue weighted by atomic mass is 10.2. The summed E-state index contributed by atoms with van der Waals surface area (Å²) < 4.78 is 14.2. The predicted molar refractivity (Wildman–Crippen MR) is 85.7 cm³/mol. The Balaban J connectivity index is 2.00. The first-order valence-electron chi connectivity index (χ1n) is 6.87. The van der Waals surface area contributed by atoms with Crippen molar-refractivity contribution in [1.29, 1.82) is 0 Å². The second kappa shape index (κ2) is 5.60. The van der Waals surface area contributed by atoms with Gasteiger partial charge in [-0.3, -0.25) is 0 Å². The minimum absolute atomic E-state index is 0.288. The summed E-state index contributed by atoms with van der Waals surface area (Å²) in [7, 11) is 1.84. The van der Waals surface area contributed by atoms with Crippen molar-refractivity contribution in [2.24, 2.45) is 0 Å². The van der Waals surface area contributed by atoms with Crippen molar-refractivity contribution in [3.8, 4) is 0 Å². The fraction of sp³-hybridized carbons (Fsp3) is 0.333. The number of hydrogen-bond acceptors (Lipinski definition) is 4. The zero-order chi connectivity index (χ0) is 15.0. The third-order valence-electron chi connectivity index (χ3n) is 3.52. The summed E-state index contributed by atoms with van der Waals surface area (Å²) in [5.74, 6) is 2.53. The van der Waals surface area contributed by atoms with Crippen molar-refractivity contribution in [1.82, 2.24) is 9.97 Å². The van der Waals surface area contributed by atoms with Crippen molar-refractivity contribution in [3.63, 3.8) is 0 Å². The van der Waals surface area contributed by atoms with Crippen LogP contribution < -0.4 is 10.6 Å². The molecule has 1 fully saturated rings. The molecule has 1 aliphatic rings. The summed E-state index contributed by atoms with van der Waals surface area (Å²) in [5, 5.41) is 6.29. The molecule has 0 atom stereocenters. The van der Waals surface area contributed by atoms with E-state index in [0.717, 1.165) is 34.5 Å². The monoisotopic (exact) mass is 350 g/mol. The van der Waals surface area contributed by atoms with Gasteiger partial charge in [0.05, 0.1) is 5.69 Å². The van der Waals surface area contributed by atoms with Crippen LogP contribution in [0.2, 0.25) is 0 Å². The molecule has 6 heteroatoms. The maximum atomic E-state index is 13.4. The number of nitrogens with one attached hydrogen (secondary N) is 2. The van der Waals surface area contributed by atoms with Crippen LogP contribution in [0.15, 0.2) is 22.7 Å². The molecule has 0 unspecified atom stereocenters. The van der Waals surface area contributed by atoms with Crippen LogP contribution >= 0.6 is 15.9 Å². The lowest BCUT2D eigenvalue weighted by Crippen LogP contribution is -2.07. The predicted octanol–water partition coefficient (Wildman–Crippen LogP) is 4.35. The van der Waals surface area contributed by atoms with Crippen molar-refractivity contribution in [3.05, 3.63) is 39.9 Å². The first-order chi connectivity index (χ1) is 10.1. The third kappa shape index (κ3) is 3.00. The Bertz CT molecular complexity index is 686. The van der Waals surface area contributed by atoms with Crippen LogP contribution in [0.25, 0.3) is 0 Å². The van der Waals surface area contributed by atoms with E-state index in [0.29, 0.717) is 17.4 Å². The summed E-state index contributed by atoms with van der Waals surface area (Å²) in [6.07, 6.45) is 2.27. The molecule has 3 rings (SSSR count). The zero-order valence-corrected chi connectivity index (χ0v) is 13.5. The normalized spacial score (nSPS) is 14.1. The summed E-state index contributed by atoms with van der Waals surface area (Å²) in [6, 6.07) is 4.53. The van der Waals surface area contributed by atoms with Crippen LogP contribution in [-0.4, -0.2) is 17.0 Å². The molecule has 110 valence electrons. The van der Waals surface area contributed by atoms with E-state index in [2.05, 4.69) is 36.5 Å². The highest BCUT2D eigenvalue weighted by molar-refractivity contribution is 9.10. The molecule has 1 aromatic carbocycles. The zero-order valence-electron chi connectivity index (χ0n) is 11.9. The molecule has 21 heavy (non-hydrogen) atoms. The van der Waals surface area contributed by atoms with Gasteiger partial charge in [-0.15, -0.1) is 0 Å². The molecule has 0 bridgehead atoms. The Labute approximate surface area is 131 Å². The SMILES string of the molecule is CNc1nc(C2CC2)nc(Nc2cc(F)ccc2Br)c1C. The van der Waals surface area contributed by atoms with Gasteiger partial charge in [0.2, 0.25) is 0 Å². The van der Waals surface area contributed by atoms with Crippen LogP contribution in [0.4, 0.5) is 21.7 Å². The van der Waals surface area contributed by atoms with E-state index in [9.17, 15) is 4.39 Å². The molecule has 1 heterocycles. The van der Waals surface area contributed by atoms with Gasteiger partial charge in [0, 0.05) is 23.0 Å². The van der Waals surface area contributed by atoms with E-state index in [4.69, 9.17) is 0 Å². The van der Waals surface area contributed by atoms with E-state index in [1.807, 2.05) is 14.0 Å². The van der Waals surface area contributed by atoms with Gasteiger partial charge in [0.15, 0.2) is 0 Å². The number of hydrogen-bond donors (Lipinski definition) is 2. The quantitative estimate of drug-likeness (QED) is 0.860. The second-order valence-electron chi connectivity index (χ2n) is 5.18. The third-order valence-corrected chi connectivity index (χ3v) is 4.22. The Kier molecular flexibility index (Phi) is 3.80. The number of nitrogens with zero attached hydrogens (tertiary/aromatic N) is 2. The van der Waals surface area contributed by atoms with E-state index in [1.54, 1.807) is 6.07 Å². The molecule has 4 nitrogen and oxygen atoms in total. The molecule has 0 amide bonds. The Morgan fingerprint density at radius 3 is 2.62 bits per heavy atom. The number of anilines is 3. The van der Waals surface area contributed by atoms with Gasteiger partial charge >= 0.3 is 0 Å². The summed E-state index contributed by atoms with van der Waals surface area (Å²) in [6.45, 7) is 1.94. The van der Waals surface area contributed by atoms with Crippen molar-refractivity contribution in [2.45, 2.75) is 25.7 Å². The van der Waals surface area contributed by atoms with E-state index < -0.39 is 0 Å². The Hall–Kier alpha value is -1.69. The smallest absolute Gasteiger partial charge is 0.139 e. The van der Waals surface area contributed by atoms with Crippen LogP contribution in [0.5, 0.6) is 0 Å². The average Bonchev–Trinajstić information content (AvgIpc) is 3.29. The summed E-state index contributed by atoms with van der Waals surface area (Å²) in [4.78, 5) is 9.15. The number of aromatic nitrogens is 2. The first kappa shape index (κ1) is 14.3. The largest absolute Gasteiger partial charge is 0.373 e. The minimum atomic E-state index is -0.288. The average molecular weight is 351 g/mol. The second-order valence-corrected chi connectivity index (χ2v) is 6.03. The molecule has 0 radical (unpaired) electrons. The van der Waals surface area contributed by atoms with Gasteiger partial charge in [-0.1, -0.05) is 0 Å². The molecule has 0 spiro atoms. The van der Waals surface area contributed by atoms with Gasteiger partial charge in [-0.05, 0) is 53.9 Å². The topological polar surface area (TPSA) is 49.8 Å². The Morgan fingerprint density at radius 1 is 1.24 bits per heavy atom. The fourth-order valence-corrected chi connectivity index (χ4v) is 2.49. The van der Waals surface area contributed by atoms with Crippen LogP contribution in [0, 0.1) is 12.7 Å². The lowest BCUT2D eigenvalue weighted by molar-refractivity contribution is 0.628. The maximum absolute atomic E-state index is 13.4.